The fourth-order valence-corrected chi connectivity index (χ4v) is 3.69. The van der Waals surface area contributed by atoms with Crippen LogP contribution in [0.2, 0.25) is 0 Å². The van der Waals surface area contributed by atoms with Crippen molar-refractivity contribution >= 4 is 17.3 Å². The Balaban J connectivity index is 1.46. The highest BCUT2D eigenvalue weighted by atomic mass is 16.5. The second kappa shape index (κ2) is 10.5. The lowest BCUT2D eigenvalue weighted by Gasteiger charge is -2.29. The third kappa shape index (κ3) is 5.23. The van der Waals surface area contributed by atoms with Crippen LogP contribution < -0.4 is 20.7 Å². The van der Waals surface area contributed by atoms with E-state index in [0.29, 0.717) is 38.5 Å². The molecule has 3 aromatic heterocycles. The van der Waals surface area contributed by atoms with Gasteiger partial charge in [0.1, 0.15) is 12.4 Å². The van der Waals surface area contributed by atoms with Crippen molar-refractivity contribution in [1.29, 1.82) is 0 Å². The van der Waals surface area contributed by atoms with E-state index in [1.165, 1.54) is 0 Å². The summed E-state index contributed by atoms with van der Waals surface area (Å²) in [5, 5.41) is 7.84. The van der Waals surface area contributed by atoms with Crippen molar-refractivity contribution in [3.05, 3.63) is 35.3 Å². The molecule has 0 aliphatic carbocycles. The highest BCUT2D eigenvalue weighted by Crippen LogP contribution is 2.21. The molecule has 172 valence electrons. The van der Waals surface area contributed by atoms with Crippen LogP contribution in [0.3, 0.4) is 0 Å². The predicted octanol–water partition coefficient (Wildman–Crippen LogP) is 0.452. The van der Waals surface area contributed by atoms with E-state index in [2.05, 4.69) is 38.3 Å². The van der Waals surface area contributed by atoms with Crippen molar-refractivity contribution in [3.8, 4) is 6.01 Å². The Morgan fingerprint density at radius 3 is 2.69 bits per heavy atom. The summed E-state index contributed by atoms with van der Waals surface area (Å²) >= 11 is 0. The number of hydrogen-bond donors (Lipinski definition) is 2. The van der Waals surface area contributed by atoms with Crippen LogP contribution in [0.1, 0.15) is 16.8 Å². The molecule has 11 heteroatoms. The number of aryl methyl sites for hydroxylation is 1. The van der Waals surface area contributed by atoms with Crippen molar-refractivity contribution < 1.29 is 14.2 Å². The highest BCUT2D eigenvalue weighted by Gasteiger charge is 2.16. The number of hydrogen-bond acceptors (Lipinski definition) is 10. The number of nitrogen functional groups attached to an aromatic ring is 1. The molecule has 1 aliphatic heterocycles. The minimum Gasteiger partial charge on any atom is -0.460 e. The topological polar surface area (TPSA) is 125 Å². The van der Waals surface area contributed by atoms with Gasteiger partial charge in [-0.2, -0.15) is 4.98 Å². The van der Waals surface area contributed by atoms with E-state index in [0.717, 1.165) is 48.8 Å². The van der Waals surface area contributed by atoms with Crippen molar-refractivity contribution in [2.45, 2.75) is 13.3 Å². The average Bonchev–Trinajstić information content (AvgIpc) is 3.20. The summed E-state index contributed by atoms with van der Waals surface area (Å²) in [5.74, 6) is 1.31. The van der Waals surface area contributed by atoms with Crippen LogP contribution in [0, 0.1) is 6.92 Å². The van der Waals surface area contributed by atoms with E-state index in [9.17, 15) is 0 Å². The molecule has 3 N–H and O–H groups in total. The Bertz CT molecular complexity index is 1040. The molecule has 11 nitrogen and oxygen atoms in total. The Morgan fingerprint density at radius 2 is 1.91 bits per heavy atom. The van der Waals surface area contributed by atoms with E-state index in [-0.39, 0.29) is 11.8 Å². The largest absolute Gasteiger partial charge is 0.460 e. The molecule has 0 unspecified atom stereocenters. The molecule has 0 saturated carbocycles. The second-order valence-corrected chi connectivity index (χ2v) is 7.62. The first-order valence-electron chi connectivity index (χ1n) is 10.8. The molecule has 1 saturated heterocycles. The van der Waals surface area contributed by atoms with Gasteiger partial charge in [0.15, 0.2) is 11.5 Å². The monoisotopic (exact) mass is 442 g/mol. The lowest BCUT2D eigenvalue weighted by atomic mass is 10.1. The number of nitrogens with zero attached hydrogens (tertiary/aromatic N) is 6. The molecule has 4 heterocycles. The standard InChI is InChI=1S/C21H30N8O3/c1-15-11-16(13-24-19(15)28-5-3-23-4-6-28)12-17-14-25-20-18(22)26-21(27-29(17)20)32-10-9-31-8-7-30-2/h11,13-14,23H,3-10,12H2,1-2H3,(H2,22,26,27). The first-order chi connectivity index (χ1) is 15.7. The quantitative estimate of drug-likeness (QED) is 0.428. The van der Waals surface area contributed by atoms with E-state index in [1.54, 1.807) is 17.8 Å². The average molecular weight is 443 g/mol. The van der Waals surface area contributed by atoms with Gasteiger partial charge in [0.2, 0.25) is 0 Å². The maximum Gasteiger partial charge on any atom is 0.336 e. The lowest BCUT2D eigenvalue weighted by molar-refractivity contribution is 0.0526. The first-order valence-corrected chi connectivity index (χ1v) is 10.8. The molecule has 0 amide bonds. The fourth-order valence-electron chi connectivity index (χ4n) is 3.69. The summed E-state index contributed by atoms with van der Waals surface area (Å²) in [6.07, 6.45) is 4.30. The second-order valence-electron chi connectivity index (χ2n) is 7.62. The van der Waals surface area contributed by atoms with Crippen LogP contribution in [0.15, 0.2) is 18.5 Å². The minimum atomic E-state index is 0.188. The molecule has 0 spiro atoms. The third-order valence-corrected chi connectivity index (χ3v) is 5.24. The summed E-state index contributed by atoms with van der Waals surface area (Å²) in [4.78, 5) is 15.6. The van der Waals surface area contributed by atoms with Gasteiger partial charge >= 0.3 is 6.01 Å². The molecular formula is C21H30N8O3. The SMILES string of the molecule is COCCOCCOc1nc(N)c2ncc(Cc3cnc(N4CCNCC4)c(C)c3)n2n1. The summed E-state index contributed by atoms with van der Waals surface area (Å²) in [6.45, 7) is 7.77. The van der Waals surface area contributed by atoms with Crippen molar-refractivity contribution in [1.82, 2.24) is 29.9 Å². The van der Waals surface area contributed by atoms with E-state index in [1.807, 2.05) is 6.20 Å². The van der Waals surface area contributed by atoms with Gasteiger partial charge in [-0.25, -0.2) is 14.5 Å². The molecule has 4 rings (SSSR count). The zero-order valence-electron chi connectivity index (χ0n) is 18.6. The smallest absolute Gasteiger partial charge is 0.336 e. The number of nitrogens with two attached hydrogens (primary N) is 1. The van der Waals surface area contributed by atoms with Crippen LogP contribution in [0.4, 0.5) is 11.6 Å². The van der Waals surface area contributed by atoms with Crippen LogP contribution in [-0.4, -0.2) is 84.3 Å². The normalized spacial score (nSPS) is 14.2. The molecule has 3 aromatic rings. The maximum absolute atomic E-state index is 6.08. The third-order valence-electron chi connectivity index (χ3n) is 5.24. The summed E-state index contributed by atoms with van der Waals surface area (Å²) in [5.41, 5.74) is 9.70. The lowest BCUT2D eigenvalue weighted by Crippen LogP contribution is -2.44. The van der Waals surface area contributed by atoms with Gasteiger partial charge in [0, 0.05) is 45.9 Å². The number of fused-ring (bicyclic) bond motifs is 1. The van der Waals surface area contributed by atoms with Gasteiger partial charge in [0.25, 0.3) is 0 Å². The van der Waals surface area contributed by atoms with E-state index >= 15 is 0 Å². The number of imidazole rings is 1. The number of pyridine rings is 1. The van der Waals surface area contributed by atoms with Crippen LogP contribution in [0.5, 0.6) is 6.01 Å². The van der Waals surface area contributed by atoms with Gasteiger partial charge < -0.3 is 30.2 Å². The predicted molar refractivity (Wildman–Crippen MR) is 120 cm³/mol. The number of rotatable bonds is 10. The Morgan fingerprint density at radius 1 is 1.09 bits per heavy atom. The zero-order chi connectivity index (χ0) is 22.3. The first kappa shape index (κ1) is 22.2. The van der Waals surface area contributed by atoms with Crippen molar-refractivity contribution in [3.63, 3.8) is 0 Å². The maximum atomic E-state index is 6.08. The Labute approximate surface area is 186 Å². The molecule has 1 aliphatic rings. The molecule has 0 bridgehead atoms. The minimum absolute atomic E-state index is 0.188. The number of aromatic nitrogens is 5. The molecule has 0 aromatic carbocycles. The van der Waals surface area contributed by atoms with Gasteiger partial charge in [0.05, 0.1) is 31.7 Å². The Hall–Kier alpha value is -3.02. The number of piperazine rings is 1. The highest BCUT2D eigenvalue weighted by molar-refractivity contribution is 5.60. The molecule has 1 fully saturated rings. The molecule has 0 radical (unpaired) electrons. The van der Waals surface area contributed by atoms with Gasteiger partial charge in [-0.05, 0) is 18.1 Å². The number of nitrogens with one attached hydrogen (secondary N) is 1. The van der Waals surface area contributed by atoms with Gasteiger partial charge in [-0.3, -0.25) is 0 Å². The Kier molecular flexibility index (Phi) is 7.30. The summed E-state index contributed by atoms with van der Waals surface area (Å²) in [7, 11) is 1.63. The van der Waals surface area contributed by atoms with Crippen molar-refractivity contribution in [2.75, 3.05) is 70.3 Å². The van der Waals surface area contributed by atoms with Gasteiger partial charge in [-0.15, -0.1) is 5.10 Å². The summed E-state index contributed by atoms with van der Waals surface area (Å²) in [6, 6.07) is 2.36. The fraction of sp³-hybridized carbons (Fsp3) is 0.524. The van der Waals surface area contributed by atoms with E-state index in [4.69, 9.17) is 24.9 Å². The van der Waals surface area contributed by atoms with Crippen LogP contribution in [0.25, 0.3) is 5.65 Å². The van der Waals surface area contributed by atoms with Crippen LogP contribution >= 0.6 is 0 Å². The molecular weight excluding hydrogens is 412 g/mol. The molecule has 32 heavy (non-hydrogen) atoms. The van der Waals surface area contributed by atoms with Crippen LogP contribution in [-0.2, 0) is 15.9 Å². The van der Waals surface area contributed by atoms with E-state index < -0.39 is 0 Å². The summed E-state index contributed by atoms with van der Waals surface area (Å²) < 4.78 is 17.6. The zero-order valence-corrected chi connectivity index (χ0v) is 18.6. The molecule has 0 atom stereocenters. The number of ether oxygens (including phenoxy) is 3. The number of methoxy groups -OCH3 is 1. The van der Waals surface area contributed by atoms with Gasteiger partial charge in [-0.1, -0.05) is 6.07 Å². The number of anilines is 2. The van der Waals surface area contributed by atoms with Crippen molar-refractivity contribution in [2.24, 2.45) is 0 Å².